The van der Waals surface area contributed by atoms with Crippen LogP contribution in [-0.2, 0) is 81.6 Å². The van der Waals surface area contributed by atoms with Crippen LogP contribution in [-0.4, -0.2) is 174 Å². The fourth-order valence-corrected chi connectivity index (χ4v) is 9.46. The van der Waals surface area contributed by atoms with Crippen LogP contribution in [0.4, 0.5) is 0 Å². The number of phenols is 2. The number of likely N-dealkylation sites (tertiary alicyclic amines) is 1. The average molecular weight is 1210 g/mol. The number of nitrogens with zero attached hydrogens (tertiary/aromatic N) is 1. The summed E-state index contributed by atoms with van der Waals surface area (Å²) in [4.78, 5) is 178. The first-order valence-corrected chi connectivity index (χ1v) is 27.4. The van der Waals surface area contributed by atoms with Gasteiger partial charge in [0.1, 0.15) is 53.8 Å². The maximum absolute atomic E-state index is 15.0. The predicted molar refractivity (Wildman–Crippen MR) is 306 cm³/mol. The summed E-state index contributed by atoms with van der Waals surface area (Å²) >= 11 is 0. The molecule has 4 aromatic rings. The number of phenolic OH excluding ortho intramolecular Hbond substituents is 2. The molecule has 87 heavy (non-hydrogen) atoms. The van der Waals surface area contributed by atoms with Gasteiger partial charge in [-0.2, -0.15) is 0 Å². The minimum Gasteiger partial charge on any atom is -0.508 e. The number of carbonyl (C=O) groups is 13. The molecule has 1 aromatic heterocycles. The number of nitrogens with two attached hydrogens (primary N) is 5. The fraction of sp³-hybridized carbons (Fsp3) is 0.411. The van der Waals surface area contributed by atoms with Crippen LogP contribution in [0.3, 0.4) is 0 Å². The van der Waals surface area contributed by atoms with E-state index in [2.05, 4.69) is 42.2 Å². The summed E-state index contributed by atoms with van der Waals surface area (Å²) in [6.07, 6.45) is -4.03. The van der Waals surface area contributed by atoms with E-state index in [0.29, 0.717) is 27.6 Å². The quantitative estimate of drug-likeness (QED) is 0.0213. The lowest BCUT2D eigenvalue weighted by molar-refractivity contribution is -0.145. The number of aliphatic carboxylic acids is 1. The minimum atomic E-state index is -1.99. The first-order chi connectivity index (χ1) is 41.1. The molecule has 0 saturated carbocycles. The molecule has 0 unspecified atom stereocenters. The lowest BCUT2D eigenvalue weighted by atomic mass is 10.0. The third kappa shape index (κ3) is 20.5. The minimum absolute atomic E-state index is 0.0257. The number of rotatable bonds is 33. The van der Waals surface area contributed by atoms with Crippen molar-refractivity contribution in [2.45, 2.75) is 138 Å². The number of amides is 12. The number of aromatic amines is 1. The number of hydrogen-bond acceptors (Lipinski definition) is 17. The van der Waals surface area contributed by atoms with E-state index in [0.717, 1.165) is 11.8 Å². The van der Waals surface area contributed by atoms with E-state index in [1.807, 2.05) is 0 Å². The maximum Gasteiger partial charge on any atom is 0.328 e. The van der Waals surface area contributed by atoms with Crippen molar-refractivity contribution in [1.29, 1.82) is 0 Å². The number of primary amides is 4. The van der Waals surface area contributed by atoms with Gasteiger partial charge in [-0.3, -0.25) is 57.5 Å². The Morgan fingerprint density at radius 2 is 1.02 bits per heavy atom. The molecule has 0 radical (unpaired) electrons. The van der Waals surface area contributed by atoms with Gasteiger partial charge in [0.15, 0.2) is 6.04 Å². The highest BCUT2D eigenvalue weighted by Crippen LogP contribution is 2.24. The van der Waals surface area contributed by atoms with Gasteiger partial charge in [-0.05, 0) is 79.6 Å². The molecule has 468 valence electrons. The first-order valence-electron chi connectivity index (χ1n) is 27.4. The summed E-state index contributed by atoms with van der Waals surface area (Å²) in [5.74, 6) is -14.4. The van der Waals surface area contributed by atoms with Gasteiger partial charge in [0.05, 0.1) is 25.0 Å². The van der Waals surface area contributed by atoms with E-state index in [-0.39, 0.29) is 56.6 Å². The zero-order chi connectivity index (χ0) is 64.2. The number of nitrogens with one attached hydrogen (secondary N) is 8. The Bertz CT molecular complexity index is 3190. The predicted octanol–water partition coefficient (Wildman–Crippen LogP) is -4.93. The van der Waals surface area contributed by atoms with Gasteiger partial charge in [-0.1, -0.05) is 42.5 Å². The molecule has 1 saturated heterocycles. The second-order valence-corrected chi connectivity index (χ2v) is 20.9. The third-order valence-electron chi connectivity index (χ3n) is 14.0. The molecule has 31 nitrogen and oxygen atoms in total. The molecule has 31 heteroatoms. The van der Waals surface area contributed by atoms with Crippen molar-refractivity contribution in [3.05, 3.63) is 95.7 Å². The van der Waals surface area contributed by atoms with Crippen LogP contribution in [0.1, 0.15) is 75.0 Å². The van der Waals surface area contributed by atoms with E-state index in [4.69, 9.17) is 28.7 Å². The van der Waals surface area contributed by atoms with Crippen molar-refractivity contribution in [1.82, 2.24) is 47.1 Å². The zero-order valence-corrected chi connectivity index (χ0v) is 47.2. The highest BCUT2D eigenvalue weighted by molar-refractivity contribution is 6.01. The summed E-state index contributed by atoms with van der Waals surface area (Å²) in [7, 11) is 0. The molecular weight excluding hydrogens is 1140 g/mol. The molecule has 3 aromatic carbocycles. The van der Waals surface area contributed by atoms with Crippen LogP contribution in [0, 0.1) is 0 Å². The van der Waals surface area contributed by atoms with Crippen molar-refractivity contribution in [2.75, 3.05) is 6.54 Å². The summed E-state index contributed by atoms with van der Waals surface area (Å²) in [6, 6.07) is 2.86. The SMILES string of the molecule is C[C@@H](O)[C@H](NC(=O)[C@H](Cc1ccc(O)cc1)NC(=O)[C@@H]1CCCN1C(=O)[C@H](Cc1c[nH]c2ccccc12)NC(=O)[C@H](CC(N)=O)NC(=O)[C@H](CC(N)=O)NC(=O)[C@H](Cc1ccc(O)cc1)NC(=O)[C@H](CCC(N)=O)NC(=O)[C@@H](N)CCC(N)=O)C(=O)O. The van der Waals surface area contributed by atoms with Crippen molar-refractivity contribution >= 4 is 87.8 Å². The molecule has 1 aliphatic rings. The Morgan fingerprint density at radius 1 is 0.563 bits per heavy atom. The van der Waals surface area contributed by atoms with E-state index in [9.17, 15) is 82.8 Å². The van der Waals surface area contributed by atoms with Crippen molar-refractivity contribution in [2.24, 2.45) is 28.7 Å². The molecule has 0 bridgehead atoms. The number of fused-ring (bicyclic) bond motifs is 1. The topological polar surface area (TPSA) is 536 Å². The lowest BCUT2D eigenvalue weighted by Gasteiger charge is -2.31. The second kappa shape index (κ2) is 31.6. The molecule has 22 N–H and O–H groups in total. The van der Waals surface area contributed by atoms with Crippen LogP contribution >= 0.6 is 0 Å². The van der Waals surface area contributed by atoms with Crippen molar-refractivity contribution < 1.29 is 82.8 Å². The van der Waals surface area contributed by atoms with E-state index in [1.165, 1.54) is 48.5 Å². The van der Waals surface area contributed by atoms with Crippen LogP contribution in [0.25, 0.3) is 10.9 Å². The number of carbonyl (C=O) groups excluding carboxylic acids is 12. The van der Waals surface area contributed by atoms with Crippen LogP contribution < -0.4 is 65.9 Å². The Labute approximate surface area is 496 Å². The second-order valence-electron chi connectivity index (χ2n) is 20.9. The van der Waals surface area contributed by atoms with Gasteiger partial charge >= 0.3 is 5.97 Å². The smallest absolute Gasteiger partial charge is 0.328 e. The molecular formula is C56H72N14O17. The van der Waals surface area contributed by atoms with Gasteiger partial charge in [-0.15, -0.1) is 0 Å². The number of hydrogen-bond donors (Lipinski definition) is 17. The van der Waals surface area contributed by atoms with E-state index >= 15 is 0 Å². The Hall–Kier alpha value is -10.2. The lowest BCUT2D eigenvalue weighted by Crippen LogP contribution is -2.61. The maximum atomic E-state index is 15.0. The number of aromatic hydroxyl groups is 2. The Balaban J connectivity index is 1.43. The molecule has 0 aliphatic carbocycles. The number of para-hydroxylation sites is 1. The molecule has 2 heterocycles. The highest BCUT2D eigenvalue weighted by atomic mass is 16.4. The highest BCUT2D eigenvalue weighted by Gasteiger charge is 2.41. The standard InChI is InChI=1S/C56H72N14O17/c1-27(71)47(56(86)87)69-53(83)38(22-29-10-14-32(73)15-11-29)67-54(84)42-7-4-20-70(42)55(85)41(23-30-26-62-35-6-3-2-5-33(30)35)68-52(82)40(25-46(61)77)66-51(81)39(24-45(60)76)65-50(80)37(21-28-8-12-31(72)13-9-28)64-49(79)36(17-19-44(59)75)63-48(78)34(57)16-18-43(58)74/h2-3,5-6,8-15,26-27,34,36-42,47,62,71-73H,4,7,16-25,57H2,1H3,(H2,58,74)(H2,59,75)(H2,60,76)(H2,61,77)(H,63,78)(H,64,79)(H,65,80)(H,66,81)(H,67,84)(H,68,82)(H,69,83)(H,86,87)/t27-,34+,36+,37+,38+,39+,40+,41+,42+,47+/m1/s1. The number of aliphatic hydroxyl groups is 1. The molecule has 12 amide bonds. The molecule has 1 fully saturated rings. The number of carboxylic acid groups (broad SMARTS) is 1. The fourth-order valence-electron chi connectivity index (χ4n) is 9.46. The summed E-state index contributed by atoms with van der Waals surface area (Å²) in [5, 5.41) is 57.0. The van der Waals surface area contributed by atoms with Gasteiger partial charge in [0.25, 0.3) is 0 Å². The number of carboxylic acids is 1. The van der Waals surface area contributed by atoms with Gasteiger partial charge in [-0.25, -0.2) is 4.79 Å². The molecule has 0 spiro atoms. The summed E-state index contributed by atoms with van der Waals surface area (Å²) in [6.45, 7) is 1.06. The summed E-state index contributed by atoms with van der Waals surface area (Å²) in [5.41, 5.74) is 29.3. The van der Waals surface area contributed by atoms with Gasteiger partial charge in [0.2, 0.25) is 70.9 Å². The number of aromatic nitrogens is 1. The normalized spacial score (nSPS) is 15.9. The molecule has 5 rings (SSSR count). The third-order valence-corrected chi connectivity index (χ3v) is 14.0. The Morgan fingerprint density at radius 3 is 1.54 bits per heavy atom. The molecule has 10 atom stereocenters. The number of H-pyrrole nitrogens is 1. The first kappa shape index (κ1) is 67.6. The monoisotopic (exact) mass is 1210 g/mol. The molecule has 1 aliphatic heterocycles. The average Bonchev–Trinajstić information content (AvgIpc) is 4.34. The van der Waals surface area contributed by atoms with Crippen LogP contribution in [0.5, 0.6) is 11.5 Å². The van der Waals surface area contributed by atoms with Crippen LogP contribution in [0.2, 0.25) is 0 Å². The van der Waals surface area contributed by atoms with Crippen molar-refractivity contribution in [3.63, 3.8) is 0 Å². The number of aliphatic hydroxyl groups excluding tert-OH is 1. The zero-order valence-electron chi connectivity index (χ0n) is 47.2. The van der Waals surface area contributed by atoms with Crippen molar-refractivity contribution in [3.8, 4) is 11.5 Å². The number of benzene rings is 3. The Kier molecular flexibility index (Phi) is 24.6. The van der Waals surface area contributed by atoms with Crippen LogP contribution in [0.15, 0.2) is 79.0 Å². The van der Waals surface area contributed by atoms with E-state index in [1.54, 1.807) is 30.5 Å². The van der Waals surface area contributed by atoms with Gasteiger partial charge in [0, 0.05) is 55.7 Å². The summed E-state index contributed by atoms with van der Waals surface area (Å²) < 4.78 is 0. The van der Waals surface area contributed by atoms with Gasteiger partial charge < -0.3 is 96.2 Å². The van der Waals surface area contributed by atoms with E-state index < -0.39 is 169 Å². The largest absolute Gasteiger partial charge is 0.508 e.